The molecule has 2 N–H and O–H groups in total. The number of carbonyl (C=O) groups is 2. The fourth-order valence-corrected chi connectivity index (χ4v) is 2.26. The molecular formula is C11H21NO4Se. The summed E-state index contributed by atoms with van der Waals surface area (Å²) in [6.07, 6.45) is 0.0736. The van der Waals surface area contributed by atoms with E-state index in [2.05, 4.69) is 11.1 Å². The predicted molar refractivity (Wildman–Crippen MR) is 66.5 cm³/mol. The molecule has 0 aliphatic rings. The molecule has 100 valence electrons. The normalized spacial score (nSPS) is 12.9. The molecular weight excluding hydrogens is 289 g/mol. The maximum absolute atomic E-state index is 11.5. The number of rotatable bonds is 6. The van der Waals surface area contributed by atoms with E-state index >= 15 is 0 Å². The van der Waals surface area contributed by atoms with Crippen molar-refractivity contribution < 1.29 is 19.4 Å². The Labute approximate surface area is 108 Å². The number of nitrogens with one attached hydrogen (secondary N) is 1. The zero-order chi connectivity index (χ0) is 13.5. The van der Waals surface area contributed by atoms with Crippen LogP contribution in [0.25, 0.3) is 0 Å². The van der Waals surface area contributed by atoms with Gasteiger partial charge in [0.15, 0.2) is 0 Å². The van der Waals surface area contributed by atoms with E-state index in [1.807, 2.05) is 0 Å². The first kappa shape index (κ1) is 16.3. The van der Waals surface area contributed by atoms with Gasteiger partial charge in [-0.05, 0) is 0 Å². The monoisotopic (exact) mass is 311 g/mol. The van der Waals surface area contributed by atoms with Crippen LogP contribution >= 0.6 is 0 Å². The van der Waals surface area contributed by atoms with Crippen LogP contribution in [0.2, 0.25) is 11.1 Å². The van der Waals surface area contributed by atoms with Crippen LogP contribution in [0.3, 0.4) is 0 Å². The third-order valence-electron chi connectivity index (χ3n) is 1.81. The number of hydrogen-bond acceptors (Lipinski definition) is 3. The summed E-state index contributed by atoms with van der Waals surface area (Å²) in [5, 5.41) is 12.3. The fourth-order valence-electron chi connectivity index (χ4n) is 1.17. The van der Waals surface area contributed by atoms with Crippen LogP contribution in [0.15, 0.2) is 0 Å². The Morgan fingerprint density at radius 1 is 1.41 bits per heavy atom. The summed E-state index contributed by atoms with van der Waals surface area (Å²) < 4.78 is 5.09. The number of amides is 1. The van der Waals surface area contributed by atoms with Crippen LogP contribution in [0.1, 0.15) is 33.6 Å². The van der Waals surface area contributed by atoms with Gasteiger partial charge in [0.05, 0.1) is 0 Å². The van der Waals surface area contributed by atoms with Gasteiger partial charge >= 0.3 is 108 Å². The molecule has 0 spiro atoms. The first-order valence-electron chi connectivity index (χ1n) is 5.45. The van der Waals surface area contributed by atoms with Crippen molar-refractivity contribution in [2.75, 3.05) is 0 Å². The Hall–Kier alpha value is -0.741. The van der Waals surface area contributed by atoms with E-state index in [9.17, 15) is 9.59 Å². The van der Waals surface area contributed by atoms with Crippen molar-refractivity contribution in [3.05, 3.63) is 0 Å². The number of carboxylic acid groups (broad SMARTS) is 1. The van der Waals surface area contributed by atoms with E-state index in [1.165, 1.54) is 0 Å². The van der Waals surface area contributed by atoms with Crippen molar-refractivity contribution in [3.63, 3.8) is 0 Å². The number of carbonyl (C=O) groups excluding carboxylic acids is 1. The molecule has 0 aromatic heterocycles. The third-order valence-corrected chi connectivity index (χ3v) is 3.16. The van der Waals surface area contributed by atoms with Gasteiger partial charge in [-0.25, -0.2) is 0 Å². The summed E-state index contributed by atoms with van der Waals surface area (Å²) in [6.45, 7) is 5.32. The second-order valence-electron chi connectivity index (χ2n) is 4.72. The average molecular weight is 310 g/mol. The molecule has 0 aromatic carbocycles. The summed E-state index contributed by atoms with van der Waals surface area (Å²) in [6, 6.07) is -0.343. The van der Waals surface area contributed by atoms with Crippen LogP contribution in [-0.4, -0.2) is 43.8 Å². The zero-order valence-electron chi connectivity index (χ0n) is 10.8. The number of carboxylic acids is 1. The van der Waals surface area contributed by atoms with Crippen molar-refractivity contribution >= 4 is 27.0 Å². The van der Waals surface area contributed by atoms with Gasteiger partial charge < -0.3 is 0 Å². The molecule has 0 bridgehead atoms. The molecule has 0 radical (unpaired) electrons. The van der Waals surface area contributed by atoms with E-state index in [4.69, 9.17) is 9.84 Å². The standard InChI is InChI=1S/C11H21NO4Se/c1-11(2,3)16-10(15)12-8(5-6-17-4)7-9(13)14/h8H,5-7H2,1-4H3,(H,12,15)(H,13,14)/t8-/m1/s1. The summed E-state index contributed by atoms with van der Waals surface area (Å²) in [7, 11) is 0. The molecule has 0 heterocycles. The van der Waals surface area contributed by atoms with Crippen molar-refractivity contribution in [1.29, 1.82) is 0 Å². The minimum atomic E-state index is -0.908. The fraction of sp³-hybridized carbons (Fsp3) is 0.818. The van der Waals surface area contributed by atoms with Crippen molar-refractivity contribution in [3.8, 4) is 0 Å². The van der Waals surface area contributed by atoms with Crippen LogP contribution in [-0.2, 0) is 9.53 Å². The zero-order valence-corrected chi connectivity index (χ0v) is 12.5. The van der Waals surface area contributed by atoms with Crippen molar-refractivity contribution in [1.82, 2.24) is 5.32 Å². The SMILES string of the molecule is C[Se]CC[C@H](CC(=O)O)NC(=O)OC(C)(C)C. The molecule has 0 saturated heterocycles. The number of alkyl carbamates (subject to hydrolysis) is 1. The van der Waals surface area contributed by atoms with Gasteiger partial charge in [-0.3, -0.25) is 0 Å². The summed E-state index contributed by atoms with van der Waals surface area (Å²) >= 11 is 0.479. The second kappa shape index (κ2) is 7.56. The number of ether oxygens (including phenoxy) is 1. The molecule has 0 aliphatic heterocycles. The number of hydrogen-bond donors (Lipinski definition) is 2. The molecule has 0 aromatic rings. The van der Waals surface area contributed by atoms with E-state index in [-0.39, 0.29) is 12.5 Å². The van der Waals surface area contributed by atoms with E-state index in [1.54, 1.807) is 20.8 Å². The first-order chi connectivity index (χ1) is 7.74. The molecule has 0 unspecified atom stereocenters. The topological polar surface area (TPSA) is 75.6 Å². The molecule has 0 saturated carbocycles. The summed E-state index contributed by atoms with van der Waals surface area (Å²) in [5.74, 6) is 1.17. The third kappa shape index (κ3) is 10.1. The van der Waals surface area contributed by atoms with Gasteiger partial charge in [0.25, 0.3) is 0 Å². The quantitative estimate of drug-likeness (QED) is 0.735. The summed E-state index contributed by atoms with van der Waals surface area (Å²) in [5.41, 5.74) is -0.563. The Morgan fingerprint density at radius 3 is 2.41 bits per heavy atom. The molecule has 1 amide bonds. The van der Waals surface area contributed by atoms with Crippen LogP contribution in [0.4, 0.5) is 4.79 Å². The molecule has 1 atom stereocenters. The molecule has 0 aliphatic carbocycles. The van der Waals surface area contributed by atoms with E-state index in [0.717, 1.165) is 5.32 Å². The number of aliphatic carboxylic acids is 1. The Morgan fingerprint density at radius 2 is 2.00 bits per heavy atom. The van der Waals surface area contributed by atoms with Gasteiger partial charge in [0, 0.05) is 0 Å². The van der Waals surface area contributed by atoms with Crippen LogP contribution < -0.4 is 5.32 Å². The maximum atomic E-state index is 11.5. The second-order valence-corrected chi connectivity index (χ2v) is 6.79. The predicted octanol–water partition coefficient (Wildman–Crippen LogP) is 1.92. The van der Waals surface area contributed by atoms with Gasteiger partial charge in [0.2, 0.25) is 0 Å². The van der Waals surface area contributed by atoms with Gasteiger partial charge in [-0.15, -0.1) is 0 Å². The molecule has 6 heteroatoms. The molecule has 17 heavy (non-hydrogen) atoms. The minimum absolute atomic E-state index is 0.0602. The van der Waals surface area contributed by atoms with Crippen molar-refractivity contribution in [2.24, 2.45) is 0 Å². The molecule has 0 fully saturated rings. The average Bonchev–Trinajstić information content (AvgIpc) is 2.09. The first-order valence-corrected chi connectivity index (χ1v) is 8.37. The summed E-state index contributed by atoms with van der Waals surface area (Å²) in [4.78, 5) is 22.1. The van der Waals surface area contributed by atoms with Gasteiger partial charge in [0.1, 0.15) is 0 Å². The van der Waals surface area contributed by atoms with E-state index < -0.39 is 17.7 Å². The van der Waals surface area contributed by atoms with E-state index in [0.29, 0.717) is 21.4 Å². The van der Waals surface area contributed by atoms with Crippen molar-refractivity contribution in [2.45, 2.75) is 56.4 Å². The Bertz CT molecular complexity index is 263. The van der Waals surface area contributed by atoms with Gasteiger partial charge in [-0.1, -0.05) is 0 Å². The van der Waals surface area contributed by atoms with Crippen LogP contribution in [0.5, 0.6) is 0 Å². The van der Waals surface area contributed by atoms with Crippen LogP contribution in [0, 0.1) is 0 Å². The molecule has 0 rings (SSSR count). The van der Waals surface area contributed by atoms with Gasteiger partial charge in [-0.2, -0.15) is 0 Å². The Balaban J connectivity index is 4.21. The molecule has 5 nitrogen and oxygen atoms in total. The Kier molecular flexibility index (Phi) is 7.23.